The fourth-order valence-corrected chi connectivity index (χ4v) is 1.97. The van der Waals surface area contributed by atoms with Crippen molar-refractivity contribution in [3.05, 3.63) is 21.9 Å². The predicted molar refractivity (Wildman–Crippen MR) is 43.1 cm³/mol. The third-order valence-corrected chi connectivity index (χ3v) is 2.40. The number of thiophene rings is 1. The lowest BCUT2D eigenvalue weighted by molar-refractivity contribution is 0.863. The average Bonchev–Trinajstić information content (AvgIpc) is 2.13. The highest BCUT2D eigenvalue weighted by atomic mass is 32.1. The molecular formula is C8H12S. The molecule has 0 aromatic carbocycles. The Morgan fingerprint density at radius 3 is 2.22 bits per heavy atom. The van der Waals surface area contributed by atoms with Crippen molar-refractivity contribution in [3.63, 3.8) is 0 Å². The predicted octanol–water partition coefficient (Wildman–Crippen LogP) is 3.18. The lowest BCUT2D eigenvalue weighted by atomic mass is 10.0. The van der Waals surface area contributed by atoms with E-state index in [-0.39, 0.29) is 0 Å². The van der Waals surface area contributed by atoms with Gasteiger partial charge in [0.25, 0.3) is 0 Å². The molecule has 0 aliphatic rings. The van der Waals surface area contributed by atoms with Gasteiger partial charge >= 0.3 is 0 Å². The molecule has 0 atom stereocenters. The Balaban J connectivity index is 2.94. The third-order valence-electron chi connectivity index (χ3n) is 1.52. The summed E-state index contributed by atoms with van der Waals surface area (Å²) in [4.78, 5) is 0. The molecule has 0 nitrogen and oxygen atoms in total. The summed E-state index contributed by atoms with van der Waals surface area (Å²) in [6.45, 7) is 6.63. The maximum absolute atomic E-state index is 2.24. The molecule has 1 rings (SSSR count). The molecule has 9 heavy (non-hydrogen) atoms. The highest BCUT2D eigenvalue weighted by Gasteiger charge is 2.01. The highest BCUT2D eigenvalue weighted by molar-refractivity contribution is 7.08. The number of hydrogen-bond acceptors (Lipinski definition) is 1. The van der Waals surface area contributed by atoms with E-state index in [9.17, 15) is 0 Å². The van der Waals surface area contributed by atoms with Crippen molar-refractivity contribution in [1.29, 1.82) is 0 Å². The van der Waals surface area contributed by atoms with E-state index in [2.05, 4.69) is 31.5 Å². The molecule has 0 fully saturated rings. The molecule has 0 saturated carbocycles. The van der Waals surface area contributed by atoms with Crippen LogP contribution in [0.3, 0.4) is 0 Å². The molecule has 0 bridgehead atoms. The lowest BCUT2D eigenvalue weighted by Crippen LogP contribution is -1.84. The summed E-state index contributed by atoms with van der Waals surface area (Å²) >= 11 is 1.79. The molecule has 1 aromatic heterocycles. The second kappa shape index (κ2) is 2.53. The van der Waals surface area contributed by atoms with Crippen molar-refractivity contribution in [2.24, 2.45) is 0 Å². The van der Waals surface area contributed by atoms with Crippen molar-refractivity contribution < 1.29 is 0 Å². The van der Waals surface area contributed by atoms with Crippen molar-refractivity contribution in [3.8, 4) is 0 Å². The first-order chi connectivity index (χ1) is 4.22. The maximum Gasteiger partial charge on any atom is -0.00559 e. The van der Waals surface area contributed by atoms with Gasteiger partial charge in [-0.25, -0.2) is 0 Å². The smallest absolute Gasteiger partial charge is 0.00559 e. The Morgan fingerprint density at radius 2 is 2.00 bits per heavy atom. The Morgan fingerprint density at radius 1 is 1.33 bits per heavy atom. The molecule has 0 amide bonds. The van der Waals surface area contributed by atoms with Crippen LogP contribution in [0.25, 0.3) is 0 Å². The van der Waals surface area contributed by atoms with Gasteiger partial charge in [-0.05, 0) is 34.7 Å². The van der Waals surface area contributed by atoms with E-state index in [0.29, 0.717) is 5.92 Å². The largest absolute Gasteiger partial charge is 0.152 e. The molecule has 1 aromatic rings. The van der Waals surface area contributed by atoms with E-state index in [4.69, 9.17) is 0 Å². The van der Waals surface area contributed by atoms with Gasteiger partial charge in [-0.2, -0.15) is 11.3 Å². The average molecular weight is 140 g/mol. The fourth-order valence-electron chi connectivity index (χ4n) is 0.962. The maximum atomic E-state index is 2.24. The van der Waals surface area contributed by atoms with E-state index in [1.165, 1.54) is 11.1 Å². The van der Waals surface area contributed by atoms with E-state index in [0.717, 1.165) is 0 Å². The molecule has 0 spiro atoms. The minimum absolute atomic E-state index is 0.691. The van der Waals surface area contributed by atoms with Crippen LogP contribution in [-0.4, -0.2) is 0 Å². The highest BCUT2D eigenvalue weighted by Crippen LogP contribution is 2.21. The van der Waals surface area contributed by atoms with Crippen LogP contribution in [0.15, 0.2) is 10.8 Å². The molecule has 1 heteroatoms. The summed E-state index contributed by atoms with van der Waals surface area (Å²) in [7, 11) is 0. The topological polar surface area (TPSA) is 0 Å². The SMILES string of the molecule is Cc1cscc1C(C)C. The van der Waals surface area contributed by atoms with E-state index < -0.39 is 0 Å². The van der Waals surface area contributed by atoms with Crippen molar-refractivity contribution in [2.45, 2.75) is 26.7 Å². The number of hydrogen-bond donors (Lipinski definition) is 0. The molecule has 0 aliphatic carbocycles. The lowest BCUT2D eigenvalue weighted by Gasteiger charge is -2.01. The molecule has 1 heterocycles. The van der Waals surface area contributed by atoms with Crippen LogP contribution >= 0.6 is 11.3 Å². The standard InChI is InChI=1S/C8H12S/c1-6(2)8-5-9-4-7(8)3/h4-6H,1-3H3. The zero-order chi connectivity index (χ0) is 6.85. The molecular weight excluding hydrogens is 128 g/mol. The van der Waals surface area contributed by atoms with Gasteiger partial charge in [-0.1, -0.05) is 13.8 Å². The monoisotopic (exact) mass is 140 g/mol. The first-order valence-electron chi connectivity index (χ1n) is 3.24. The first kappa shape index (κ1) is 6.81. The summed E-state index contributed by atoms with van der Waals surface area (Å²) in [6.07, 6.45) is 0. The zero-order valence-electron chi connectivity index (χ0n) is 6.14. The zero-order valence-corrected chi connectivity index (χ0v) is 6.96. The summed E-state index contributed by atoms with van der Waals surface area (Å²) in [5.41, 5.74) is 2.94. The Labute approximate surface area is 60.5 Å². The van der Waals surface area contributed by atoms with Gasteiger partial charge in [-0.15, -0.1) is 0 Å². The number of aryl methyl sites for hydroxylation is 1. The van der Waals surface area contributed by atoms with Crippen LogP contribution < -0.4 is 0 Å². The Bertz CT molecular complexity index is 186. The summed E-state index contributed by atoms with van der Waals surface area (Å²) in [5, 5.41) is 4.44. The van der Waals surface area contributed by atoms with Gasteiger partial charge in [0.1, 0.15) is 0 Å². The molecule has 0 saturated heterocycles. The molecule has 0 aliphatic heterocycles. The van der Waals surface area contributed by atoms with Crippen LogP contribution in [0.1, 0.15) is 30.9 Å². The van der Waals surface area contributed by atoms with Crippen LogP contribution in [0.5, 0.6) is 0 Å². The fraction of sp³-hybridized carbons (Fsp3) is 0.500. The summed E-state index contributed by atoms with van der Waals surface area (Å²) in [5.74, 6) is 0.691. The van der Waals surface area contributed by atoms with E-state index in [1.807, 2.05) is 0 Å². The van der Waals surface area contributed by atoms with Gasteiger partial charge in [0.15, 0.2) is 0 Å². The van der Waals surface area contributed by atoms with Gasteiger partial charge in [-0.3, -0.25) is 0 Å². The van der Waals surface area contributed by atoms with Crippen molar-refractivity contribution in [2.75, 3.05) is 0 Å². The van der Waals surface area contributed by atoms with E-state index in [1.54, 1.807) is 11.3 Å². The molecule has 0 unspecified atom stereocenters. The van der Waals surface area contributed by atoms with Crippen molar-refractivity contribution >= 4 is 11.3 Å². The number of rotatable bonds is 1. The normalized spacial score (nSPS) is 10.7. The molecule has 0 N–H and O–H groups in total. The molecule has 0 radical (unpaired) electrons. The Hall–Kier alpha value is -0.300. The summed E-state index contributed by atoms with van der Waals surface area (Å²) in [6, 6.07) is 0. The quantitative estimate of drug-likeness (QED) is 0.562. The van der Waals surface area contributed by atoms with Gasteiger partial charge in [0.05, 0.1) is 0 Å². The van der Waals surface area contributed by atoms with Gasteiger partial charge in [0.2, 0.25) is 0 Å². The van der Waals surface area contributed by atoms with Crippen LogP contribution in [0.4, 0.5) is 0 Å². The third kappa shape index (κ3) is 1.33. The van der Waals surface area contributed by atoms with Gasteiger partial charge < -0.3 is 0 Å². The van der Waals surface area contributed by atoms with Gasteiger partial charge in [0, 0.05) is 0 Å². The minimum Gasteiger partial charge on any atom is -0.152 e. The second-order valence-corrected chi connectivity index (χ2v) is 3.41. The van der Waals surface area contributed by atoms with E-state index >= 15 is 0 Å². The summed E-state index contributed by atoms with van der Waals surface area (Å²) < 4.78 is 0. The van der Waals surface area contributed by atoms with Crippen molar-refractivity contribution in [1.82, 2.24) is 0 Å². The second-order valence-electron chi connectivity index (χ2n) is 2.66. The van der Waals surface area contributed by atoms with Crippen LogP contribution in [0, 0.1) is 6.92 Å². The molecule has 50 valence electrons. The van der Waals surface area contributed by atoms with Crippen LogP contribution in [-0.2, 0) is 0 Å². The minimum atomic E-state index is 0.691. The Kier molecular flexibility index (Phi) is 1.91. The first-order valence-corrected chi connectivity index (χ1v) is 4.18. The van der Waals surface area contributed by atoms with Crippen LogP contribution in [0.2, 0.25) is 0 Å².